The van der Waals surface area contributed by atoms with Gasteiger partial charge in [-0.15, -0.1) is 47.5 Å². The Labute approximate surface area is 363 Å². The first-order chi connectivity index (χ1) is 29.9. The van der Waals surface area contributed by atoms with Crippen molar-refractivity contribution in [3.05, 3.63) is 172 Å². The number of rotatable bonds is 6. The van der Waals surface area contributed by atoms with E-state index in [1.54, 1.807) is 50.2 Å². The Morgan fingerprint density at radius 3 is 2.16 bits per heavy atom. The van der Waals surface area contributed by atoms with Crippen molar-refractivity contribution >= 4 is 22.1 Å². The molecule has 0 aliphatic rings. The summed E-state index contributed by atoms with van der Waals surface area (Å²) in [4.78, 5) is 13.2. The van der Waals surface area contributed by atoms with Crippen LogP contribution in [0.4, 0.5) is 0 Å². The van der Waals surface area contributed by atoms with Crippen molar-refractivity contribution in [3.8, 4) is 33.6 Å². The van der Waals surface area contributed by atoms with E-state index < -0.39 is 25.5 Å². The van der Waals surface area contributed by atoms with Gasteiger partial charge < -0.3 is 14.4 Å². The Morgan fingerprint density at radius 2 is 1.46 bits per heavy atom. The van der Waals surface area contributed by atoms with E-state index in [-0.39, 0.29) is 48.1 Å². The standard InChI is InChI=1S/C32H33N2O.C20H18N.Ir/c1-20-19-33-28(26-10-8-9-24-25-16-11-21(2)34-30(25)35-29(24)26)17-27(20)32(6,7)18-22-12-14-23(15-13-22)31(3,4)5;1-14-9-10-18(20-11-15(2)16(3)13-21-20)12-19(14)17-7-5-4-6-8-17;/h8-9,11-17,19H,18H2,1-7H3;4-9,11-13H,1-3H3;/q2*-1;/i1D3,2D3,18D2;;. The first-order valence-electron chi connectivity index (χ1n) is 22.8. The second-order valence-electron chi connectivity index (χ2n) is 15.9. The van der Waals surface area contributed by atoms with Crippen LogP contribution in [0.5, 0.6) is 0 Å². The third kappa shape index (κ3) is 9.01. The molecule has 4 aromatic heterocycles. The quantitative estimate of drug-likeness (QED) is 0.156. The molecule has 0 aliphatic heterocycles. The van der Waals surface area contributed by atoms with Crippen molar-refractivity contribution in [2.75, 3.05) is 0 Å². The van der Waals surface area contributed by atoms with Crippen LogP contribution in [0, 0.1) is 46.6 Å². The minimum Gasteiger partial charge on any atom is -0.486 e. The number of fused-ring (bicyclic) bond motifs is 3. The molecule has 4 aromatic carbocycles. The van der Waals surface area contributed by atoms with Crippen LogP contribution in [0.2, 0.25) is 0 Å². The summed E-state index contributed by atoms with van der Waals surface area (Å²) >= 11 is 0. The number of hydrogen-bond donors (Lipinski definition) is 0. The average molecular weight is 934 g/mol. The average Bonchev–Trinajstić information content (AvgIpc) is 3.63. The summed E-state index contributed by atoms with van der Waals surface area (Å²) in [6.45, 7) is 11.0. The normalized spacial score (nSPS) is 14.4. The van der Waals surface area contributed by atoms with E-state index in [0.717, 1.165) is 16.8 Å². The molecule has 0 fully saturated rings. The van der Waals surface area contributed by atoms with Crippen molar-refractivity contribution in [2.45, 2.75) is 86.3 Å². The van der Waals surface area contributed by atoms with Crippen molar-refractivity contribution in [1.29, 1.82) is 0 Å². The molecule has 1 radical (unpaired) electrons. The maximum atomic E-state index is 9.27. The zero-order valence-corrected chi connectivity index (χ0v) is 35.9. The van der Waals surface area contributed by atoms with Gasteiger partial charge in [-0.2, -0.15) is 0 Å². The zero-order chi connectivity index (χ0) is 46.6. The Bertz CT molecular complexity index is 2990. The smallest absolute Gasteiger partial charge is 0.216 e. The summed E-state index contributed by atoms with van der Waals surface area (Å²) in [6, 6.07) is 38.8. The van der Waals surface area contributed by atoms with Gasteiger partial charge in [0.05, 0.1) is 5.58 Å². The molecule has 0 amide bonds. The van der Waals surface area contributed by atoms with Gasteiger partial charge >= 0.3 is 0 Å². The molecule has 0 spiro atoms. The minimum absolute atomic E-state index is 0. The molecule has 57 heavy (non-hydrogen) atoms. The summed E-state index contributed by atoms with van der Waals surface area (Å²) in [7, 11) is 0. The van der Waals surface area contributed by atoms with Gasteiger partial charge in [-0.3, -0.25) is 0 Å². The van der Waals surface area contributed by atoms with Crippen LogP contribution in [0.1, 0.15) is 90.2 Å². The van der Waals surface area contributed by atoms with Crippen molar-refractivity contribution in [3.63, 3.8) is 0 Å². The third-order valence-corrected chi connectivity index (χ3v) is 10.2. The molecule has 0 saturated carbocycles. The van der Waals surface area contributed by atoms with Gasteiger partial charge in [-0.05, 0) is 102 Å². The van der Waals surface area contributed by atoms with E-state index in [1.165, 1.54) is 40.1 Å². The topological polar surface area (TPSA) is 51.8 Å². The van der Waals surface area contributed by atoms with Crippen LogP contribution >= 0.6 is 0 Å². The van der Waals surface area contributed by atoms with Crippen LogP contribution in [0.3, 0.4) is 0 Å². The Kier molecular flexibility index (Phi) is 9.33. The Balaban J connectivity index is 0.000000266. The van der Waals surface area contributed by atoms with Gasteiger partial charge in [-0.1, -0.05) is 130 Å². The molecule has 0 saturated heterocycles. The maximum absolute atomic E-state index is 9.27. The molecule has 0 N–H and O–H groups in total. The van der Waals surface area contributed by atoms with Gasteiger partial charge in [0.2, 0.25) is 5.71 Å². The molecule has 8 aromatic rings. The molecular weight excluding hydrogens is 875 g/mol. The van der Waals surface area contributed by atoms with Crippen LogP contribution in [-0.4, -0.2) is 15.0 Å². The molecule has 4 nitrogen and oxygen atoms in total. The number of benzene rings is 4. The fraction of sp³-hybridized carbons (Fsp3) is 0.250. The van der Waals surface area contributed by atoms with Crippen LogP contribution in [-0.2, 0) is 37.3 Å². The number of hydrogen-bond acceptors (Lipinski definition) is 4. The Hall–Kier alpha value is -5.22. The fourth-order valence-electron chi connectivity index (χ4n) is 6.82. The van der Waals surface area contributed by atoms with Gasteiger partial charge in [0.1, 0.15) is 0 Å². The number of furan rings is 1. The molecule has 5 heteroatoms. The number of aromatic nitrogens is 3. The predicted molar refractivity (Wildman–Crippen MR) is 233 cm³/mol. The molecule has 0 unspecified atom stereocenters. The minimum atomic E-state index is -2.55. The predicted octanol–water partition coefficient (Wildman–Crippen LogP) is 13.4. The summed E-state index contributed by atoms with van der Waals surface area (Å²) < 4.78 is 72.4. The summed E-state index contributed by atoms with van der Waals surface area (Å²) in [5, 5.41) is 1.29. The third-order valence-electron chi connectivity index (χ3n) is 10.2. The first-order valence-corrected chi connectivity index (χ1v) is 18.8. The second kappa shape index (κ2) is 16.7. The largest absolute Gasteiger partial charge is 0.486 e. The summed E-state index contributed by atoms with van der Waals surface area (Å²) in [5.41, 5.74) is 9.72. The molecular formula is C52H51IrN3O-2. The first kappa shape index (κ1) is 31.8. The van der Waals surface area contributed by atoms with E-state index in [2.05, 4.69) is 111 Å². The van der Waals surface area contributed by atoms with Crippen LogP contribution < -0.4 is 0 Å². The van der Waals surface area contributed by atoms with E-state index in [1.807, 2.05) is 24.4 Å². The molecule has 0 aliphatic carbocycles. The summed E-state index contributed by atoms with van der Waals surface area (Å²) in [5.74, 6) is 0. The van der Waals surface area contributed by atoms with E-state index in [9.17, 15) is 2.74 Å². The van der Waals surface area contributed by atoms with E-state index in [0.29, 0.717) is 33.2 Å². The number of aryl methyl sites for hydroxylation is 5. The SMILES string of the molecule is Cc1cnc(-c2[c-]cc(C)c(-c3ccccc3)c2)cc1C.[2H]C([2H])([2H])c1ccc2c(n1)oc1c(-c3cc(C(C)(C)C([2H])([2H])c4ccc(C(C)(C)C)cc4)c(C([2H])([2H])[2H])cn3)[c-]ccc12.[Ir]. The van der Waals surface area contributed by atoms with Crippen molar-refractivity contribution < 1.29 is 35.5 Å². The van der Waals surface area contributed by atoms with Crippen LogP contribution in [0.25, 0.3) is 55.7 Å². The van der Waals surface area contributed by atoms with E-state index in [4.69, 9.17) is 12.6 Å². The fourth-order valence-corrected chi connectivity index (χ4v) is 6.82. The summed E-state index contributed by atoms with van der Waals surface area (Å²) in [6.07, 6.45) is 1.24. The zero-order valence-electron chi connectivity index (χ0n) is 41.6. The van der Waals surface area contributed by atoms with Gasteiger partial charge in [0, 0.05) is 54.5 Å². The van der Waals surface area contributed by atoms with Gasteiger partial charge in [0.15, 0.2) is 0 Å². The molecule has 291 valence electrons. The second-order valence-corrected chi connectivity index (χ2v) is 15.9. The number of pyridine rings is 3. The molecule has 0 atom stereocenters. The Morgan fingerprint density at radius 1 is 0.719 bits per heavy atom. The monoisotopic (exact) mass is 934 g/mol. The molecule has 8 rings (SSSR count). The van der Waals surface area contributed by atoms with Gasteiger partial charge in [0.25, 0.3) is 0 Å². The van der Waals surface area contributed by atoms with Crippen molar-refractivity contribution in [2.24, 2.45) is 0 Å². The number of nitrogens with zero attached hydrogens (tertiary/aromatic N) is 3. The van der Waals surface area contributed by atoms with Crippen LogP contribution in [0.15, 0.2) is 120 Å². The van der Waals surface area contributed by atoms with Gasteiger partial charge in [-0.25, -0.2) is 4.98 Å². The molecule has 4 heterocycles. The van der Waals surface area contributed by atoms with Crippen molar-refractivity contribution in [1.82, 2.24) is 15.0 Å². The molecule has 0 bridgehead atoms. The maximum Gasteiger partial charge on any atom is 0.216 e. The van der Waals surface area contributed by atoms with E-state index >= 15 is 0 Å².